The first-order chi connectivity index (χ1) is 7.09. The molecular formula is C13H26N2. The van der Waals surface area contributed by atoms with E-state index in [1.54, 1.807) is 0 Å². The molecule has 0 aromatic heterocycles. The number of rotatable bonds is 5. The summed E-state index contributed by atoms with van der Waals surface area (Å²) in [7, 11) is 0. The number of allylic oxidation sites excluding steroid dienone is 1. The fourth-order valence-electron chi connectivity index (χ4n) is 1.99. The van der Waals surface area contributed by atoms with Gasteiger partial charge in [0.1, 0.15) is 0 Å². The molecule has 15 heavy (non-hydrogen) atoms. The van der Waals surface area contributed by atoms with Crippen molar-refractivity contribution in [1.82, 2.24) is 10.2 Å². The van der Waals surface area contributed by atoms with E-state index >= 15 is 0 Å². The van der Waals surface area contributed by atoms with Crippen molar-refractivity contribution in [2.45, 2.75) is 52.6 Å². The van der Waals surface area contributed by atoms with E-state index in [0.717, 1.165) is 12.6 Å². The van der Waals surface area contributed by atoms with Crippen LogP contribution in [0.5, 0.6) is 0 Å². The second-order valence-corrected chi connectivity index (χ2v) is 5.12. The SMILES string of the molecule is CC(C)=CCN(CC1CCCN1)C(C)C. The Morgan fingerprint density at radius 2 is 2.20 bits per heavy atom. The van der Waals surface area contributed by atoms with Crippen molar-refractivity contribution in [3.63, 3.8) is 0 Å². The van der Waals surface area contributed by atoms with Crippen LogP contribution in [0.25, 0.3) is 0 Å². The summed E-state index contributed by atoms with van der Waals surface area (Å²) in [6, 6.07) is 1.36. The molecule has 1 atom stereocenters. The lowest BCUT2D eigenvalue weighted by atomic mass is 10.2. The van der Waals surface area contributed by atoms with E-state index in [-0.39, 0.29) is 0 Å². The average molecular weight is 210 g/mol. The summed E-state index contributed by atoms with van der Waals surface area (Å²) in [4.78, 5) is 2.55. The molecule has 1 N–H and O–H groups in total. The maximum atomic E-state index is 3.57. The molecule has 1 saturated heterocycles. The molecule has 0 aliphatic carbocycles. The number of hydrogen-bond acceptors (Lipinski definition) is 2. The van der Waals surface area contributed by atoms with Gasteiger partial charge in [-0.1, -0.05) is 11.6 Å². The van der Waals surface area contributed by atoms with E-state index in [1.165, 1.54) is 31.5 Å². The first-order valence-corrected chi connectivity index (χ1v) is 6.20. The standard InChI is InChI=1S/C13H26N2/c1-11(2)7-9-15(12(3)4)10-13-6-5-8-14-13/h7,12-14H,5-6,8-10H2,1-4H3. The highest BCUT2D eigenvalue weighted by atomic mass is 15.2. The summed E-state index contributed by atoms with van der Waals surface area (Å²) in [5.74, 6) is 0. The van der Waals surface area contributed by atoms with Crippen molar-refractivity contribution in [3.8, 4) is 0 Å². The van der Waals surface area contributed by atoms with E-state index in [9.17, 15) is 0 Å². The van der Waals surface area contributed by atoms with E-state index in [2.05, 4.69) is 44.0 Å². The fraction of sp³-hybridized carbons (Fsp3) is 0.846. The van der Waals surface area contributed by atoms with Crippen molar-refractivity contribution in [2.75, 3.05) is 19.6 Å². The van der Waals surface area contributed by atoms with Gasteiger partial charge in [0.15, 0.2) is 0 Å². The second-order valence-electron chi connectivity index (χ2n) is 5.12. The van der Waals surface area contributed by atoms with Gasteiger partial charge in [0, 0.05) is 25.2 Å². The molecule has 0 spiro atoms. The smallest absolute Gasteiger partial charge is 0.0195 e. The quantitative estimate of drug-likeness (QED) is 0.701. The van der Waals surface area contributed by atoms with Gasteiger partial charge in [-0.25, -0.2) is 0 Å². The Kier molecular flexibility index (Phi) is 5.34. The Bertz CT molecular complexity index is 199. The topological polar surface area (TPSA) is 15.3 Å². The molecule has 1 rings (SSSR count). The van der Waals surface area contributed by atoms with Crippen molar-refractivity contribution >= 4 is 0 Å². The van der Waals surface area contributed by atoms with Crippen LogP contribution in [0.4, 0.5) is 0 Å². The zero-order chi connectivity index (χ0) is 11.3. The first-order valence-electron chi connectivity index (χ1n) is 6.20. The third-order valence-electron chi connectivity index (χ3n) is 3.08. The van der Waals surface area contributed by atoms with Crippen molar-refractivity contribution in [1.29, 1.82) is 0 Å². The van der Waals surface area contributed by atoms with Crippen LogP contribution < -0.4 is 5.32 Å². The van der Waals surface area contributed by atoms with E-state index in [4.69, 9.17) is 0 Å². The lowest BCUT2D eigenvalue weighted by Gasteiger charge is -2.28. The van der Waals surface area contributed by atoms with Gasteiger partial charge in [-0.3, -0.25) is 4.90 Å². The normalized spacial score (nSPS) is 21.3. The predicted molar refractivity (Wildman–Crippen MR) is 67.2 cm³/mol. The predicted octanol–water partition coefficient (Wildman–Crippen LogP) is 2.42. The fourth-order valence-corrected chi connectivity index (χ4v) is 1.99. The van der Waals surface area contributed by atoms with Gasteiger partial charge >= 0.3 is 0 Å². The van der Waals surface area contributed by atoms with Crippen molar-refractivity contribution < 1.29 is 0 Å². The van der Waals surface area contributed by atoms with Gasteiger partial charge in [0.2, 0.25) is 0 Å². The van der Waals surface area contributed by atoms with E-state index in [0.29, 0.717) is 6.04 Å². The minimum atomic E-state index is 0.642. The summed E-state index contributed by atoms with van der Waals surface area (Å²) >= 11 is 0. The molecule has 0 bridgehead atoms. The molecule has 2 heteroatoms. The Labute approximate surface area is 94.7 Å². The van der Waals surface area contributed by atoms with Crippen LogP contribution in [0.2, 0.25) is 0 Å². The molecule has 1 heterocycles. The maximum Gasteiger partial charge on any atom is 0.0195 e. The lowest BCUT2D eigenvalue weighted by Crippen LogP contribution is -2.41. The second kappa shape index (κ2) is 6.29. The molecule has 1 aliphatic rings. The van der Waals surface area contributed by atoms with Gasteiger partial charge in [-0.15, -0.1) is 0 Å². The van der Waals surface area contributed by atoms with Crippen LogP contribution in [0.15, 0.2) is 11.6 Å². The minimum absolute atomic E-state index is 0.642. The number of hydrogen-bond donors (Lipinski definition) is 1. The summed E-state index contributed by atoms with van der Waals surface area (Å²) < 4.78 is 0. The Hall–Kier alpha value is -0.340. The largest absolute Gasteiger partial charge is 0.313 e. The molecule has 0 aromatic carbocycles. The summed E-state index contributed by atoms with van der Waals surface area (Å²) in [6.07, 6.45) is 5.02. The number of nitrogens with one attached hydrogen (secondary N) is 1. The first kappa shape index (κ1) is 12.7. The van der Waals surface area contributed by atoms with E-state index in [1.807, 2.05) is 0 Å². The summed E-state index contributed by atoms with van der Waals surface area (Å²) in [5, 5.41) is 3.57. The van der Waals surface area contributed by atoms with Gasteiger partial charge in [0.05, 0.1) is 0 Å². The average Bonchev–Trinajstić information content (AvgIpc) is 2.63. The monoisotopic (exact) mass is 210 g/mol. The van der Waals surface area contributed by atoms with Gasteiger partial charge in [-0.05, 0) is 47.1 Å². The van der Waals surface area contributed by atoms with Crippen LogP contribution in [0.3, 0.4) is 0 Å². The van der Waals surface area contributed by atoms with Gasteiger partial charge in [0.25, 0.3) is 0 Å². The maximum absolute atomic E-state index is 3.57. The zero-order valence-electron chi connectivity index (χ0n) is 10.7. The zero-order valence-corrected chi connectivity index (χ0v) is 10.7. The Morgan fingerprint density at radius 3 is 2.67 bits per heavy atom. The Balaban J connectivity index is 2.39. The highest BCUT2D eigenvalue weighted by molar-refractivity contribution is 4.96. The summed E-state index contributed by atoms with van der Waals surface area (Å²) in [5.41, 5.74) is 1.42. The summed E-state index contributed by atoms with van der Waals surface area (Å²) in [6.45, 7) is 12.4. The lowest BCUT2D eigenvalue weighted by molar-refractivity contribution is 0.224. The van der Waals surface area contributed by atoms with Crippen LogP contribution in [0, 0.1) is 0 Å². The molecule has 1 fully saturated rings. The molecule has 0 radical (unpaired) electrons. The molecule has 88 valence electrons. The van der Waals surface area contributed by atoms with Crippen molar-refractivity contribution in [2.24, 2.45) is 0 Å². The third kappa shape index (κ3) is 4.80. The Morgan fingerprint density at radius 1 is 1.47 bits per heavy atom. The van der Waals surface area contributed by atoms with Gasteiger partial charge < -0.3 is 5.32 Å². The number of nitrogens with zero attached hydrogens (tertiary/aromatic N) is 1. The highest BCUT2D eigenvalue weighted by Gasteiger charge is 2.18. The van der Waals surface area contributed by atoms with Crippen LogP contribution >= 0.6 is 0 Å². The van der Waals surface area contributed by atoms with Crippen LogP contribution in [-0.2, 0) is 0 Å². The molecular weight excluding hydrogens is 184 g/mol. The molecule has 1 aliphatic heterocycles. The van der Waals surface area contributed by atoms with Crippen LogP contribution in [0.1, 0.15) is 40.5 Å². The molecule has 0 aromatic rings. The molecule has 0 saturated carbocycles. The minimum Gasteiger partial charge on any atom is -0.313 e. The third-order valence-corrected chi connectivity index (χ3v) is 3.08. The van der Waals surface area contributed by atoms with Crippen molar-refractivity contribution in [3.05, 3.63) is 11.6 Å². The van der Waals surface area contributed by atoms with Gasteiger partial charge in [-0.2, -0.15) is 0 Å². The molecule has 2 nitrogen and oxygen atoms in total. The molecule has 0 amide bonds. The van der Waals surface area contributed by atoms with Crippen LogP contribution in [-0.4, -0.2) is 36.6 Å². The molecule has 1 unspecified atom stereocenters. The highest BCUT2D eigenvalue weighted by Crippen LogP contribution is 2.09. The van der Waals surface area contributed by atoms with E-state index < -0.39 is 0 Å².